The molecule has 1 saturated carbocycles. The second-order valence-electron chi connectivity index (χ2n) is 6.69. The van der Waals surface area contributed by atoms with Crippen molar-refractivity contribution < 1.29 is 9.59 Å². The van der Waals surface area contributed by atoms with Gasteiger partial charge in [0.2, 0.25) is 11.8 Å². The summed E-state index contributed by atoms with van der Waals surface area (Å²) in [6, 6.07) is 7.83. The van der Waals surface area contributed by atoms with E-state index in [1.54, 1.807) is 11.1 Å². The predicted octanol–water partition coefficient (Wildman–Crippen LogP) is 2.62. The van der Waals surface area contributed by atoms with Gasteiger partial charge in [0.25, 0.3) is 0 Å². The first-order valence-corrected chi connectivity index (χ1v) is 8.65. The van der Waals surface area contributed by atoms with Gasteiger partial charge in [-0.15, -0.1) is 12.4 Å². The SMILES string of the molecule is CC(=O)N1C=Cc2ccccc2C1CC(=O)NC1CCCC1CN.Cl. The number of nitrogens with two attached hydrogens (primary N) is 1. The Bertz CT molecular complexity index is 662. The maximum atomic E-state index is 12.6. The molecule has 0 bridgehead atoms. The van der Waals surface area contributed by atoms with Gasteiger partial charge in [0, 0.05) is 19.2 Å². The zero-order valence-electron chi connectivity index (χ0n) is 14.5. The Morgan fingerprint density at radius 1 is 1.28 bits per heavy atom. The van der Waals surface area contributed by atoms with Gasteiger partial charge in [-0.2, -0.15) is 0 Å². The Hall–Kier alpha value is -1.85. The maximum Gasteiger partial charge on any atom is 0.223 e. The smallest absolute Gasteiger partial charge is 0.223 e. The van der Waals surface area contributed by atoms with Gasteiger partial charge in [-0.3, -0.25) is 9.59 Å². The van der Waals surface area contributed by atoms with Crippen molar-refractivity contribution in [2.45, 2.75) is 44.7 Å². The maximum absolute atomic E-state index is 12.6. The minimum Gasteiger partial charge on any atom is -0.353 e. The summed E-state index contributed by atoms with van der Waals surface area (Å²) < 4.78 is 0. The number of carbonyl (C=O) groups excluding carboxylic acids is 2. The molecule has 1 aliphatic carbocycles. The van der Waals surface area contributed by atoms with Gasteiger partial charge in [0.05, 0.1) is 12.5 Å². The summed E-state index contributed by atoms with van der Waals surface area (Å²) in [5.74, 6) is 0.303. The number of rotatable bonds is 4. The van der Waals surface area contributed by atoms with Crippen LogP contribution in [0.25, 0.3) is 6.08 Å². The number of nitrogens with zero attached hydrogens (tertiary/aromatic N) is 1. The third kappa shape index (κ3) is 4.22. The van der Waals surface area contributed by atoms with E-state index in [0.29, 0.717) is 12.5 Å². The number of nitrogens with one attached hydrogen (secondary N) is 1. The topological polar surface area (TPSA) is 75.4 Å². The van der Waals surface area contributed by atoms with E-state index in [2.05, 4.69) is 5.32 Å². The van der Waals surface area contributed by atoms with Crippen LogP contribution in [0.3, 0.4) is 0 Å². The second kappa shape index (κ2) is 8.50. The van der Waals surface area contributed by atoms with Crippen molar-refractivity contribution in [1.82, 2.24) is 10.2 Å². The fourth-order valence-electron chi connectivity index (χ4n) is 3.86. The molecule has 0 spiro atoms. The zero-order chi connectivity index (χ0) is 17.1. The van der Waals surface area contributed by atoms with E-state index < -0.39 is 0 Å². The first-order valence-electron chi connectivity index (χ1n) is 8.65. The van der Waals surface area contributed by atoms with Crippen LogP contribution in [0.5, 0.6) is 0 Å². The quantitative estimate of drug-likeness (QED) is 0.863. The molecule has 1 aromatic carbocycles. The van der Waals surface area contributed by atoms with Crippen LogP contribution in [0.2, 0.25) is 0 Å². The Labute approximate surface area is 155 Å². The number of carbonyl (C=O) groups is 2. The molecule has 5 nitrogen and oxygen atoms in total. The van der Waals surface area contributed by atoms with Gasteiger partial charge in [-0.25, -0.2) is 0 Å². The molecule has 0 saturated heterocycles. The minimum absolute atomic E-state index is 0. The summed E-state index contributed by atoms with van der Waals surface area (Å²) in [5, 5.41) is 3.14. The van der Waals surface area contributed by atoms with Gasteiger partial charge in [-0.05, 0) is 42.5 Å². The van der Waals surface area contributed by atoms with Crippen LogP contribution in [0, 0.1) is 5.92 Å². The number of benzene rings is 1. The van der Waals surface area contributed by atoms with Crippen molar-refractivity contribution >= 4 is 30.3 Å². The number of halogens is 1. The largest absolute Gasteiger partial charge is 0.353 e. The lowest BCUT2D eigenvalue weighted by Crippen LogP contribution is -2.42. The van der Waals surface area contributed by atoms with Crippen LogP contribution in [0.1, 0.15) is 49.8 Å². The Morgan fingerprint density at radius 3 is 2.76 bits per heavy atom. The Kier molecular flexibility index (Phi) is 6.62. The summed E-state index contributed by atoms with van der Waals surface area (Å²) in [7, 11) is 0. The average molecular weight is 364 g/mol. The van der Waals surface area contributed by atoms with E-state index in [-0.39, 0.29) is 42.7 Å². The van der Waals surface area contributed by atoms with E-state index in [4.69, 9.17) is 5.73 Å². The molecule has 0 aromatic heterocycles. The third-order valence-electron chi connectivity index (χ3n) is 5.16. The van der Waals surface area contributed by atoms with Gasteiger partial charge < -0.3 is 16.0 Å². The van der Waals surface area contributed by atoms with Gasteiger partial charge in [-0.1, -0.05) is 30.7 Å². The highest BCUT2D eigenvalue weighted by molar-refractivity contribution is 5.85. The molecule has 6 heteroatoms. The lowest BCUT2D eigenvalue weighted by atomic mass is 9.93. The molecule has 3 atom stereocenters. The summed E-state index contributed by atoms with van der Waals surface area (Å²) in [4.78, 5) is 26.2. The van der Waals surface area contributed by atoms with Crippen LogP contribution in [0.15, 0.2) is 30.5 Å². The minimum atomic E-state index is -0.249. The van der Waals surface area contributed by atoms with Crippen molar-refractivity contribution in [1.29, 1.82) is 0 Å². The normalized spacial score (nSPS) is 24.4. The molecule has 3 unspecified atom stereocenters. The number of amides is 2. The second-order valence-corrected chi connectivity index (χ2v) is 6.69. The van der Waals surface area contributed by atoms with Crippen molar-refractivity contribution in [2.24, 2.45) is 11.7 Å². The van der Waals surface area contributed by atoms with Crippen molar-refractivity contribution in [2.75, 3.05) is 6.54 Å². The number of fused-ring (bicyclic) bond motifs is 1. The van der Waals surface area contributed by atoms with E-state index in [9.17, 15) is 9.59 Å². The summed E-state index contributed by atoms with van der Waals surface area (Å²) in [5.41, 5.74) is 7.88. The van der Waals surface area contributed by atoms with Crippen LogP contribution in [0.4, 0.5) is 0 Å². The van der Waals surface area contributed by atoms with Crippen LogP contribution in [-0.4, -0.2) is 29.3 Å². The lowest BCUT2D eigenvalue weighted by Gasteiger charge is -2.32. The molecule has 0 radical (unpaired) electrons. The molecular formula is C19H26ClN3O2. The predicted molar refractivity (Wildman–Crippen MR) is 101 cm³/mol. The molecule has 3 rings (SSSR count). The molecule has 2 aliphatic rings. The van der Waals surface area contributed by atoms with E-state index >= 15 is 0 Å². The summed E-state index contributed by atoms with van der Waals surface area (Å²) in [6.07, 6.45) is 7.16. The molecule has 1 fully saturated rings. The lowest BCUT2D eigenvalue weighted by molar-refractivity contribution is -0.130. The molecule has 25 heavy (non-hydrogen) atoms. The highest BCUT2D eigenvalue weighted by Crippen LogP contribution is 2.33. The average Bonchev–Trinajstić information content (AvgIpc) is 3.01. The molecule has 2 amide bonds. The van der Waals surface area contributed by atoms with Crippen LogP contribution < -0.4 is 11.1 Å². The molecule has 1 aromatic rings. The van der Waals surface area contributed by atoms with Crippen LogP contribution in [-0.2, 0) is 9.59 Å². The van der Waals surface area contributed by atoms with E-state index in [0.717, 1.165) is 30.4 Å². The Balaban J connectivity index is 0.00000225. The highest BCUT2D eigenvalue weighted by Gasteiger charge is 2.31. The van der Waals surface area contributed by atoms with Gasteiger partial charge in [0.1, 0.15) is 0 Å². The zero-order valence-corrected chi connectivity index (χ0v) is 15.3. The van der Waals surface area contributed by atoms with Gasteiger partial charge >= 0.3 is 0 Å². The molecular weight excluding hydrogens is 338 g/mol. The first kappa shape index (κ1) is 19.5. The molecule has 136 valence electrons. The number of hydrogen-bond acceptors (Lipinski definition) is 3. The fourth-order valence-corrected chi connectivity index (χ4v) is 3.86. The van der Waals surface area contributed by atoms with E-state index in [1.165, 1.54) is 6.92 Å². The standard InChI is InChI=1S/C19H25N3O2.ClH/c1-13(23)22-10-9-14-5-2-3-7-16(14)18(22)11-19(24)21-17-8-4-6-15(17)12-20;/h2-3,5,7,9-10,15,17-18H,4,6,8,11-12,20H2,1H3,(H,21,24);1H. The fraction of sp³-hybridized carbons (Fsp3) is 0.474. The van der Waals surface area contributed by atoms with Gasteiger partial charge in [0.15, 0.2) is 0 Å². The van der Waals surface area contributed by atoms with Crippen molar-refractivity contribution in [3.05, 3.63) is 41.6 Å². The van der Waals surface area contributed by atoms with E-state index in [1.807, 2.05) is 30.3 Å². The summed E-state index contributed by atoms with van der Waals surface area (Å²) in [6.45, 7) is 2.14. The summed E-state index contributed by atoms with van der Waals surface area (Å²) >= 11 is 0. The monoisotopic (exact) mass is 363 g/mol. The van der Waals surface area contributed by atoms with Crippen LogP contribution >= 0.6 is 12.4 Å². The highest BCUT2D eigenvalue weighted by atomic mass is 35.5. The van der Waals surface area contributed by atoms with Crippen molar-refractivity contribution in [3.63, 3.8) is 0 Å². The first-order chi connectivity index (χ1) is 11.6. The molecule has 3 N–H and O–H groups in total. The Morgan fingerprint density at radius 2 is 2.04 bits per heavy atom. The third-order valence-corrected chi connectivity index (χ3v) is 5.16. The van der Waals surface area contributed by atoms with Crippen molar-refractivity contribution in [3.8, 4) is 0 Å². The molecule has 1 aliphatic heterocycles. The number of hydrogen-bond donors (Lipinski definition) is 2. The molecule has 1 heterocycles.